The van der Waals surface area contributed by atoms with Crippen LogP contribution in [-0.2, 0) is 0 Å². The average molecular weight is 189 g/mol. The average Bonchev–Trinajstić information content (AvgIpc) is 2.27. The summed E-state index contributed by atoms with van der Waals surface area (Å²) in [6.45, 7) is 20.8. The largest absolute Gasteiger partial charge is 0.307 e. The SMILES string of the molecule is C=C.CC.CC.CCCN(C)CC. The van der Waals surface area contributed by atoms with Gasteiger partial charge in [0, 0.05) is 0 Å². The molecule has 0 aromatic heterocycles. The normalized spacial score (nSPS) is 6.77. The van der Waals surface area contributed by atoms with Crippen molar-refractivity contribution in [3.63, 3.8) is 0 Å². The van der Waals surface area contributed by atoms with Gasteiger partial charge in [-0.15, -0.1) is 13.2 Å². The molecule has 84 valence electrons. The third-order valence-electron chi connectivity index (χ3n) is 1.15. The summed E-state index contributed by atoms with van der Waals surface area (Å²) in [6.07, 6.45) is 1.27. The highest BCUT2D eigenvalue weighted by atomic mass is 15.1. The third kappa shape index (κ3) is 49.8. The second kappa shape index (κ2) is 41.2. The highest BCUT2D eigenvalue weighted by molar-refractivity contribution is 4.41. The van der Waals surface area contributed by atoms with Gasteiger partial charge in [-0.2, -0.15) is 0 Å². The molecule has 0 aliphatic rings. The summed E-state index contributed by atoms with van der Waals surface area (Å²) in [7, 11) is 2.14. The lowest BCUT2D eigenvalue weighted by Crippen LogP contribution is -2.17. The third-order valence-corrected chi connectivity index (χ3v) is 1.15. The van der Waals surface area contributed by atoms with Crippen LogP contribution in [0.25, 0.3) is 0 Å². The van der Waals surface area contributed by atoms with Crippen LogP contribution in [0.3, 0.4) is 0 Å². The van der Waals surface area contributed by atoms with Gasteiger partial charge in [0.15, 0.2) is 0 Å². The second-order valence-corrected chi connectivity index (χ2v) is 1.90. The number of hydrogen-bond donors (Lipinski definition) is 0. The molecule has 0 spiro atoms. The van der Waals surface area contributed by atoms with Crippen LogP contribution in [0.4, 0.5) is 0 Å². The smallest absolute Gasteiger partial charge is 0.00245 e. The van der Waals surface area contributed by atoms with Gasteiger partial charge < -0.3 is 4.90 Å². The zero-order chi connectivity index (χ0) is 11.7. The van der Waals surface area contributed by atoms with Crippen molar-refractivity contribution in [3.05, 3.63) is 13.2 Å². The Morgan fingerprint density at radius 2 is 1.23 bits per heavy atom. The van der Waals surface area contributed by atoms with E-state index in [1.807, 2.05) is 27.7 Å². The van der Waals surface area contributed by atoms with Gasteiger partial charge >= 0.3 is 0 Å². The summed E-state index contributed by atoms with van der Waals surface area (Å²) < 4.78 is 0. The van der Waals surface area contributed by atoms with Crippen molar-refractivity contribution in [2.24, 2.45) is 0 Å². The minimum absolute atomic E-state index is 1.17. The zero-order valence-corrected chi connectivity index (χ0v) is 11.0. The fraction of sp³-hybridized carbons (Fsp3) is 0.833. The summed E-state index contributed by atoms with van der Waals surface area (Å²) in [5.74, 6) is 0. The predicted octanol–water partition coefficient (Wildman–Crippen LogP) is 4.20. The van der Waals surface area contributed by atoms with Crippen LogP contribution in [0.2, 0.25) is 0 Å². The standard InChI is InChI=1S/C6H15N.2C2H6.C2H4/c1-4-6-7(3)5-2;3*1-2/h4-6H2,1-3H3;2*1-2H3;1-2H2. The molecule has 0 saturated carbocycles. The Hall–Kier alpha value is -0.300. The van der Waals surface area contributed by atoms with Crippen molar-refractivity contribution in [3.8, 4) is 0 Å². The maximum Gasteiger partial charge on any atom is -0.00245 e. The first kappa shape index (κ1) is 23.0. The number of nitrogens with zero attached hydrogens (tertiary/aromatic N) is 1. The molecule has 0 bridgehead atoms. The Kier molecular flexibility index (Phi) is 72.8. The van der Waals surface area contributed by atoms with Crippen LogP contribution < -0.4 is 0 Å². The van der Waals surface area contributed by atoms with E-state index in [1.165, 1.54) is 19.5 Å². The molecule has 0 rings (SSSR count). The van der Waals surface area contributed by atoms with Gasteiger partial charge in [0.1, 0.15) is 0 Å². The Labute approximate surface area is 86.8 Å². The molecule has 13 heavy (non-hydrogen) atoms. The summed E-state index contributed by atoms with van der Waals surface area (Å²) in [5.41, 5.74) is 0. The van der Waals surface area contributed by atoms with Crippen LogP contribution in [0, 0.1) is 0 Å². The molecule has 0 radical (unpaired) electrons. The molecule has 0 N–H and O–H groups in total. The first-order valence-electron chi connectivity index (χ1n) is 5.49. The molecule has 0 saturated heterocycles. The van der Waals surface area contributed by atoms with Crippen LogP contribution >= 0.6 is 0 Å². The van der Waals surface area contributed by atoms with Crippen molar-refractivity contribution in [1.29, 1.82) is 0 Å². The molecule has 0 aromatic rings. The van der Waals surface area contributed by atoms with Crippen molar-refractivity contribution in [2.75, 3.05) is 20.1 Å². The van der Waals surface area contributed by atoms with E-state index in [2.05, 4.69) is 39.0 Å². The molecule has 0 aliphatic carbocycles. The number of rotatable bonds is 3. The van der Waals surface area contributed by atoms with Crippen LogP contribution in [0.1, 0.15) is 48.0 Å². The van der Waals surface area contributed by atoms with Gasteiger partial charge in [-0.25, -0.2) is 0 Å². The predicted molar refractivity (Wildman–Crippen MR) is 67.4 cm³/mol. The van der Waals surface area contributed by atoms with E-state index >= 15 is 0 Å². The summed E-state index contributed by atoms with van der Waals surface area (Å²) in [6, 6.07) is 0. The van der Waals surface area contributed by atoms with Gasteiger partial charge in [-0.1, -0.05) is 41.5 Å². The Bertz CT molecular complexity index is 44.4. The topological polar surface area (TPSA) is 3.24 Å². The Morgan fingerprint density at radius 3 is 1.31 bits per heavy atom. The Morgan fingerprint density at radius 1 is 0.923 bits per heavy atom. The highest BCUT2D eigenvalue weighted by Crippen LogP contribution is 1.82. The van der Waals surface area contributed by atoms with E-state index in [0.717, 1.165) is 0 Å². The lowest BCUT2D eigenvalue weighted by molar-refractivity contribution is 0.353. The monoisotopic (exact) mass is 189 g/mol. The zero-order valence-electron chi connectivity index (χ0n) is 11.0. The van der Waals surface area contributed by atoms with Crippen LogP contribution in [0.15, 0.2) is 13.2 Å². The summed E-state index contributed by atoms with van der Waals surface area (Å²) >= 11 is 0. The fourth-order valence-corrected chi connectivity index (χ4v) is 0.540. The minimum Gasteiger partial charge on any atom is -0.307 e. The van der Waals surface area contributed by atoms with Crippen LogP contribution in [-0.4, -0.2) is 25.0 Å². The second-order valence-electron chi connectivity index (χ2n) is 1.90. The van der Waals surface area contributed by atoms with E-state index in [9.17, 15) is 0 Å². The van der Waals surface area contributed by atoms with Gasteiger partial charge in [0.05, 0.1) is 0 Å². The quantitative estimate of drug-likeness (QED) is 0.601. The van der Waals surface area contributed by atoms with E-state index < -0.39 is 0 Å². The summed E-state index contributed by atoms with van der Waals surface area (Å²) in [5, 5.41) is 0. The maximum absolute atomic E-state index is 3.00. The van der Waals surface area contributed by atoms with Crippen molar-refractivity contribution in [2.45, 2.75) is 48.0 Å². The van der Waals surface area contributed by atoms with Gasteiger partial charge in [-0.05, 0) is 26.6 Å². The molecule has 0 aromatic carbocycles. The molecule has 0 atom stereocenters. The molecular weight excluding hydrogens is 158 g/mol. The summed E-state index contributed by atoms with van der Waals surface area (Å²) in [4.78, 5) is 2.31. The molecule has 0 unspecified atom stereocenters. The molecule has 0 aliphatic heterocycles. The maximum atomic E-state index is 3.00. The molecule has 1 heteroatoms. The van der Waals surface area contributed by atoms with Gasteiger partial charge in [0.2, 0.25) is 0 Å². The van der Waals surface area contributed by atoms with Crippen LogP contribution in [0.5, 0.6) is 0 Å². The lowest BCUT2D eigenvalue weighted by atomic mass is 10.4. The van der Waals surface area contributed by atoms with E-state index in [4.69, 9.17) is 0 Å². The molecule has 1 nitrogen and oxygen atoms in total. The molecular formula is C12H31N. The van der Waals surface area contributed by atoms with E-state index in [-0.39, 0.29) is 0 Å². The first-order chi connectivity index (χ1) is 6.31. The van der Waals surface area contributed by atoms with Crippen molar-refractivity contribution in [1.82, 2.24) is 4.90 Å². The Balaban J connectivity index is -0.0000000573. The van der Waals surface area contributed by atoms with E-state index in [1.54, 1.807) is 0 Å². The lowest BCUT2D eigenvalue weighted by Gasteiger charge is -2.10. The van der Waals surface area contributed by atoms with Gasteiger partial charge in [-0.3, -0.25) is 0 Å². The number of hydrogen-bond acceptors (Lipinski definition) is 1. The van der Waals surface area contributed by atoms with E-state index in [0.29, 0.717) is 0 Å². The van der Waals surface area contributed by atoms with Gasteiger partial charge in [0.25, 0.3) is 0 Å². The minimum atomic E-state index is 1.17. The fourth-order valence-electron chi connectivity index (χ4n) is 0.540. The molecule has 0 fully saturated rings. The molecule has 0 heterocycles. The van der Waals surface area contributed by atoms with Crippen molar-refractivity contribution < 1.29 is 0 Å². The van der Waals surface area contributed by atoms with Crippen molar-refractivity contribution >= 4 is 0 Å². The molecule has 0 amide bonds. The first-order valence-corrected chi connectivity index (χ1v) is 5.49. The highest BCUT2D eigenvalue weighted by Gasteiger charge is 1.86.